The number of carboxylic acid groups (broad SMARTS) is 1. The summed E-state index contributed by atoms with van der Waals surface area (Å²) in [4.78, 5) is 37.6. The lowest BCUT2D eigenvalue weighted by Crippen LogP contribution is -2.43. The zero-order chi connectivity index (χ0) is 21.3. The molecule has 29 heavy (non-hydrogen) atoms. The fourth-order valence-corrected chi connectivity index (χ4v) is 3.94. The van der Waals surface area contributed by atoms with Crippen molar-refractivity contribution in [2.24, 2.45) is 0 Å². The van der Waals surface area contributed by atoms with Gasteiger partial charge in [0.1, 0.15) is 0 Å². The SMILES string of the molecule is CN1CC(c2cccc(C(=O)N[C@@H](CO)C(=O)O)c2)c2cc(Cl)cc(Cl)c2C1=O. The molecule has 2 amide bonds. The maximum absolute atomic E-state index is 12.6. The third kappa shape index (κ3) is 4.22. The molecular formula is C20H18Cl2N2O5. The maximum Gasteiger partial charge on any atom is 0.328 e. The molecule has 0 aliphatic carbocycles. The minimum atomic E-state index is -1.40. The van der Waals surface area contributed by atoms with E-state index in [4.69, 9.17) is 33.4 Å². The highest BCUT2D eigenvalue weighted by molar-refractivity contribution is 6.37. The van der Waals surface area contributed by atoms with Gasteiger partial charge in [0.15, 0.2) is 6.04 Å². The zero-order valence-electron chi connectivity index (χ0n) is 15.4. The van der Waals surface area contributed by atoms with Crippen molar-refractivity contribution in [3.8, 4) is 0 Å². The Morgan fingerprint density at radius 2 is 2.00 bits per heavy atom. The van der Waals surface area contributed by atoms with E-state index in [0.717, 1.165) is 5.56 Å². The van der Waals surface area contributed by atoms with Crippen molar-refractivity contribution in [2.75, 3.05) is 20.2 Å². The van der Waals surface area contributed by atoms with E-state index in [2.05, 4.69) is 5.32 Å². The summed E-state index contributed by atoms with van der Waals surface area (Å²) in [5, 5.41) is 21.0. The van der Waals surface area contributed by atoms with Crippen LogP contribution in [-0.2, 0) is 4.79 Å². The van der Waals surface area contributed by atoms with Crippen LogP contribution in [0.3, 0.4) is 0 Å². The van der Waals surface area contributed by atoms with Crippen molar-refractivity contribution in [1.82, 2.24) is 10.2 Å². The molecular weight excluding hydrogens is 419 g/mol. The molecule has 0 saturated carbocycles. The Balaban J connectivity index is 1.99. The molecule has 1 heterocycles. The van der Waals surface area contributed by atoms with Crippen molar-refractivity contribution in [1.29, 1.82) is 0 Å². The number of carbonyl (C=O) groups is 3. The fraction of sp³-hybridized carbons (Fsp3) is 0.250. The molecule has 0 saturated heterocycles. The minimum absolute atomic E-state index is 0.209. The van der Waals surface area contributed by atoms with Gasteiger partial charge in [-0.15, -0.1) is 0 Å². The van der Waals surface area contributed by atoms with Crippen molar-refractivity contribution >= 4 is 41.0 Å². The van der Waals surface area contributed by atoms with Gasteiger partial charge in [0, 0.05) is 30.1 Å². The second-order valence-corrected chi connectivity index (χ2v) is 7.61. The normalized spacial score (nSPS) is 16.9. The van der Waals surface area contributed by atoms with Gasteiger partial charge in [0.25, 0.3) is 11.8 Å². The number of benzene rings is 2. The van der Waals surface area contributed by atoms with Crippen LogP contribution in [0.15, 0.2) is 36.4 Å². The quantitative estimate of drug-likeness (QED) is 0.666. The molecule has 3 N–H and O–H groups in total. The Kier molecular flexibility index (Phi) is 6.12. The summed E-state index contributed by atoms with van der Waals surface area (Å²) in [5.41, 5.74) is 2.02. The smallest absolute Gasteiger partial charge is 0.328 e. The number of nitrogens with zero attached hydrogens (tertiary/aromatic N) is 1. The standard InChI is InChI=1S/C20H18Cl2N2O5/c1-24-8-14(13-6-12(21)7-15(22)17(13)19(24)27)10-3-2-4-11(5-10)18(26)23-16(9-25)20(28)29/h2-7,14,16,25H,8-9H2,1H3,(H,23,26)(H,28,29)/t14?,16-/m0/s1. The number of carboxylic acids is 1. The first-order chi connectivity index (χ1) is 13.7. The van der Waals surface area contributed by atoms with Crippen molar-refractivity contribution < 1.29 is 24.6 Å². The number of carbonyl (C=O) groups excluding carboxylic acids is 2. The van der Waals surface area contributed by atoms with Gasteiger partial charge >= 0.3 is 5.97 Å². The maximum atomic E-state index is 12.6. The summed E-state index contributed by atoms with van der Waals surface area (Å²) in [6, 6.07) is 8.45. The average Bonchev–Trinajstić information content (AvgIpc) is 2.68. The van der Waals surface area contributed by atoms with Crippen LogP contribution in [0.5, 0.6) is 0 Å². The third-order valence-electron chi connectivity index (χ3n) is 4.82. The topological polar surface area (TPSA) is 107 Å². The van der Waals surface area contributed by atoms with Gasteiger partial charge in [-0.1, -0.05) is 35.3 Å². The summed E-state index contributed by atoms with van der Waals surface area (Å²) < 4.78 is 0. The van der Waals surface area contributed by atoms with Crippen LogP contribution < -0.4 is 5.32 Å². The van der Waals surface area contributed by atoms with Crippen molar-refractivity contribution in [2.45, 2.75) is 12.0 Å². The van der Waals surface area contributed by atoms with Gasteiger partial charge in [0.05, 0.1) is 17.2 Å². The largest absolute Gasteiger partial charge is 0.480 e. The lowest BCUT2D eigenvalue weighted by atomic mass is 9.84. The first-order valence-corrected chi connectivity index (χ1v) is 9.47. The van der Waals surface area contributed by atoms with Crippen LogP contribution in [-0.4, -0.2) is 59.1 Å². The lowest BCUT2D eigenvalue weighted by molar-refractivity contribution is -0.140. The van der Waals surface area contributed by atoms with Crippen molar-refractivity contribution in [3.63, 3.8) is 0 Å². The summed E-state index contributed by atoms with van der Waals surface area (Å²) in [7, 11) is 1.67. The van der Waals surface area contributed by atoms with Crippen LogP contribution in [0.25, 0.3) is 0 Å². The second kappa shape index (κ2) is 8.41. The van der Waals surface area contributed by atoms with Gasteiger partial charge in [-0.2, -0.15) is 0 Å². The Morgan fingerprint density at radius 1 is 1.28 bits per heavy atom. The number of rotatable bonds is 5. The lowest BCUT2D eigenvalue weighted by Gasteiger charge is -2.33. The van der Waals surface area contributed by atoms with Gasteiger partial charge in [0.2, 0.25) is 0 Å². The minimum Gasteiger partial charge on any atom is -0.480 e. The number of aliphatic hydroxyl groups excluding tert-OH is 1. The molecule has 0 fully saturated rings. The molecule has 2 aromatic carbocycles. The fourth-order valence-electron chi connectivity index (χ4n) is 3.35. The molecule has 0 bridgehead atoms. The van der Waals surface area contributed by atoms with Crippen LogP contribution in [0.1, 0.15) is 37.8 Å². The molecule has 7 nitrogen and oxygen atoms in total. The summed E-state index contributed by atoms with van der Waals surface area (Å²) in [6.07, 6.45) is 0. The molecule has 0 aromatic heterocycles. The molecule has 3 rings (SSSR count). The Bertz CT molecular complexity index is 995. The number of likely N-dealkylation sites (N-methyl/N-ethyl adjacent to an activating group) is 1. The Morgan fingerprint density at radius 3 is 2.66 bits per heavy atom. The molecule has 1 aliphatic heterocycles. The molecule has 152 valence electrons. The highest BCUT2D eigenvalue weighted by atomic mass is 35.5. The average molecular weight is 437 g/mol. The first-order valence-electron chi connectivity index (χ1n) is 8.71. The van der Waals surface area contributed by atoms with E-state index in [9.17, 15) is 14.4 Å². The van der Waals surface area contributed by atoms with Crippen LogP contribution in [0.4, 0.5) is 0 Å². The Hall–Kier alpha value is -2.61. The van der Waals surface area contributed by atoms with E-state index in [1.165, 1.54) is 6.07 Å². The number of aliphatic carboxylic acids is 1. The third-order valence-corrected chi connectivity index (χ3v) is 5.33. The van der Waals surface area contributed by atoms with Gasteiger partial charge < -0.3 is 20.4 Å². The molecule has 0 spiro atoms. The Labute approximate surface area is 176 Å². The second-order valence-electron chi connectivity index (χ2n) is 6.76. The van der Waals surface area contributed by atoms with Crippen molar-refractivity contribution in [3.05, 3.63) is 68.7 Å². The number of hydrogen-bond donors (Lipinski definition) is 3. The molecule has 0 radical (unpaired) electrons. The van der Waals surface area contributed by atoms with E-state index >= 15 is 0 Å². The molecule has 1 unspecified atom stereocenters. The van der Waals surface area contributed by atoms with E-state index in [1.54, 1.807) is 36.2 Å². The van der Waals surface area contributed by atoms with Gasteiger partial charge in [-0.3, -0.25) is 9.59 Å². The molecule has 1 aliphatic rings. The molecule has 9 heteroatoms. The number of fused-ring (bicyclic) bond motifs is 1. The number of nitrogens with one attached hydrogen (secondary N) is 1. The highest BCUT2D eigenvalue weighted by Crippen LogP contribution is 2.38. The monoisotopic (exact) mass is 436 g/mol. The number of hydrogen-bond acceptors (Lipinski definition) is 4. The zero-order valence-corrected chi connectivity index (χ0v) is 16.9. The van der Waals surface area contributed by atoms with Gasteiger partial charge in [-0.25, -0.2) is 4.79 Å². The van der Waals surface area contributed by atoms with Crippen LogP contribution in [0.2, 0.25) is 10.0 Å². The first kappa shape index (κ1) is 21.1. The highest BCUT2D eigenvalue weighted by Gasteiger charge is 2.33. The van der Waals surface area contributed by atoms with Crippen LogP contribution in [0, 0.1) is 0 Å². The van der Waals surface area contributed by atoms with Crippen LogP contribution >= 0.6 is 23.2 Å². The molecule has 2 atom stereocenters. The van der Waals surface area contributed by atoms with E-state index in [0.29, 0.717) is 22.7 Å². The molecule has 2 aromatic rings. The predicted molar refractivity (Wildman–Crippen MR) is 108 cm³/mol. The van der Waals surface area contributed by atoms with Gasteiger partial charge in [-0.05, 0) is 35.4 Å². The number of aliphatic hydroxyl groups is 1. The summed E-state index contributed by atoms with van der Waals surface area (Å²) in [6.45, 7) is -0.358. The number of halogens is 2. The van der Waals surface area contributed by atoms with E-state index < -0.39 is 24.5 Å². The van der Waals surface area contributed by atoms with E-state index in [1.807, 2.05) is 6.07 Å². The predicted octanol–water partition coefficient (Wildman–Crippen LogP) is 2.39. The summed E-state index contributed by atoms with van der Waals surface area (Å²) >= 11 is 12.4. The van der Waals surface area contributed by atoms with E-state index in [-0.39, 0.29) is 22.4 Å². The number of amides is 2. The summed E-state index contributed by atoms with van der Waals surface area (Å²) in [5.74, 6) is -2.44.